The number of benzene rings is 1. The highest BCUT2D eigenvalue weighted by molar-refractivity contribution is 9.10. The van der Waals surface area contributed by atoms with Crippen molar-refractivity contribution in [2.24, 2.45) is 5.92 Å². The van der Waals surface area contributed by atoms with E-state index in [0.717, 1.165) is 15.2 Å². The van der Waals surface area contributed by atoms with Gasteiger partial charge in [0, 0.05) is 9.35 Å². The molecule has 18 heavy (non-hydrogen) atoms. The fourth-order valence-corrected chi connectivity index (χ4v) is 3.29. The Kier molecular flexibility index (Phi) is 4.71. The Hall–Kier alpha value is -0.510. The monoisotopic (exact) mass is 343 g/mol. The standard InChI is InChI=1S/C14H15BrClNS/c1-9(2)14(13-4-3-7-18-13)17-12-8-10(15)5-6-11(12)16/h3-9,14,17H,1-2H3. The lowest BCUT2D eigenvalue weighted by Gasteiger charge is -2.23. The number of anilines is 1. The van der Waals surface area contributed by atoms with Gasteiger partial charge < -0.3 is 5.32 Å². The predicted molar refractivity (Wildman–Crippen MR) is 84.7 cm³/mol. The summed E-state index contributed by atoms with van der Waals surface area (Å²) < 4.78 is 1.03. The van der Waals surface area contributed by atoms with Crippen molar-refractivity contribution in [1.82, 2.24) is 0 Å². The maximum Gasteiger partial charge on any atom is 0.0638 e. The molecule has 1 N–H and O–H groups in total. The fraction of sp³-hybridized carbons (Fsp3) is 0.286. The molecule has 1 aromatic heterocycles. The van der Waals surface area contributed by atoms with Crippen LogP contribution in [0.4, 0.5) is 5.69 Å². The molecule has 0 saturated heterocycles. The SMILES string of the molecule is CC(C)C(Nc1cc(Br)ccc1Cl)c1cccs1. The van der Waals surface area contributed by atoms with Crippen LogP contribution in [-0.4, -0.2) is 0 Å². The number of rotatable bonds is 4. The van der Waals surface area contributed by atoms with Crippen molar-refractivity contribution in [3.05, 3.63) is 50.1 Å². The summed E-state index contributed by atoms with van der Waals surface area (Å²) in [5.74, 6) is 0.499. The maximum absolute atomic E-state index is 6.23. The van der Waals surface area contributed by atoms with E-state index in [-0.39, 0.29) is 6.04 Å². The van der Waals surface area contributed by atoms with E-state index in [9.17, 15) is 0 Å². The zero-order valence-corrected chi connectivity index (χ0v) is 13.4. The van der Waals surface area contributed by atoms with Crippen LogP contribution in [0.15, 0.2) is 40.2 Å². The molecule has 1 nitrogen and oxygen atoms in total. The first kappa shape index (κ1) is 13.9. The molecular formula is C14H15BrClNS. The average molecular weight is 345 g/mol. The lowest BCUT2D eigenvalue weighted by atomic mass is 10.0. The summed E-state index contributed by atoms with van der Waals surface area (Å²) in [7, 11) is 0. The van der Waals surface area contributed by atoms with Crippen molar-refractivity contribution in [3.8, 4) is 0 Å². The molecule has 0 amide bonds. The van der Waals surface area contributed by atoms with Crippen LogP contribution in [0.25, 0.3) is 0 Å². The quantitative estimate of drug-likeness (QED) is 0.720. The van der Waals surface area contributed by atoms with Crippen LogP contribution >= 0.6 is 38.9 Å². The third kappa shape index (κ3) is 3.28. The Morgan fingerprint density at radius 3 is 2.67 bits per heavy atom. The minimum absolute atomic E-state index is 0.289. The Bertz CT molecular complexity index is 511. The Labute approximate surface area is 125 Å². The summed E-state index contributed by atoms with van der Waals surface area (Å²) in [5, 5.41) is 6.39. The van der Waals surface area contributed by atoms with Gasteiger partial charge in [-0.25, -0.2) is 0 Å². The van der Waals surface area contributed by atoms with Crippen LogP contribution in [0.5, 0.6) is 0 Å². The number of hydrogen-bond acceptors (Lipinski definition) is 2. The van der Waals surface area contributed by atoms with E-state index in [0.29, 0.717) is 5.92 Å². The molecule has 0 saturated carbocycles. The van der Waals surface area contributed by atoms with E-state index in [1.165, 1.54) is 4.88 Å². The molecule has 1 aromatic carbocycles. The van der Waals surface area contributed by atoms with Gasteiger partial charge in [-0.05, 0) is 35.6 Å². The van der Waals surface area contributed by atoms with Crippen LogP contribution in [-0.2, 0) is 0 Å². The van der Waals surface area contributed by atoms with Crippen molar-refractivity contribution in [3.63, 3.8) is 0 Å². The summed E-state index contributed by atoms with van der Waals surface area (Å²) >= 11 is 11.5. The Morgan fingerprint density at radius 1 is 1.28 bits per heavy atom. The van der Waals surface area contributed by atoms with Gasteiger partial charge in [-0.1, -0.05) is 47.4 Å². The number of hydrogen-bond donors (Lipinski definition) is 1. The molecule has 0 radical (unpaired) electrons. The summed E-state index contributed by atoms with van der Waals surface area (Å²) in [4.78, 5) is 1.33. The summed E-state index contributed by atoms with van der Waals surface area (Å²) in [6.07, 6.45) is 0. The molecule has 0 aliphatic rings. The highest BCUT2D eigenvalue weighted by Gasteiger charge is 2.17. The normalized spacial score (nSPS) is 12.7. The molecule has 1 unspecified atom stereocenters. The van der Waals surface area contributed by atoms with Gasteiger partial charge in [0.2, 0.25) is 0 Å². The van der Waals surface area contributed by atoms with Gasteiger partial charge >= 0.3 is 0 Å². The second-order valence-corrected chi connectivity index (χ2v) is 6.81. The molecule has 0 aliphatic carbocycles. The van der Waals surface area contributed by atoms with E-state index < -0.39 is 0 Å². The number of nitrogens with one attached hydrogen (secondary N) is 1. The minimum atomic E-state index is 0.289. The van der Waals surface area contributed by atoms with Crippen molar-refractivity contribution in [2.75, 3.05) is 5.32 Å². The predicted octanol–water partition coefficient (Wildman–Crippen LogP) is 5.97. The van der Waals surface area contributed by atoms with Crippen molar-refractivity contribution in [2.45, 2.75) is 19.9 Å². The van der Waals surface area contributed by atoms with Gasteiger partial charge in [-0.3, -0.25) is 0 Å². The van der Waals surface area contributed by atoms with Crippen LogP contribution in [0, 0.1) is 5.92 Å². The fourth-order valence-electron chi connectivity index (χ4n) is 1.81. The summed E-state index contributed by atoms with van der Waals surface area (Å²) in [5.41, 5.74) is 0.971. The Morgan fingerprint density at radius 2 is 2.06 bits per heavy atom. The van der Waals surface area contributed by atoms with Gasteiger partial charge in [0.15, 0.2) is 0 Å². The van der Waals surface area contributed by atoms with E-state index >= 15 is 0 Å². The molecule has 4 heteroatoms. The average Bonchev–Trinajstić information content (AvgIpc) is 2.83. The lowest BCUT2D eigenvalue weighted by molar-refractivity contribution is 0.554. The second kappa shape index (κ2) is 6.09. The number of thiophene rings is 1. The molecule has 0 bridgehead atoms. The highest BCUT2D eigenvalue weighted by Crippen LogP contribution is 2.33. The van der Waals surface area contributed by atoms with Crippen molar-refractivity contribution >= 4 is 44.6 Å². The van der Waals surface area contributed by atoms with E-state index in [1.807, 2.05) is 18.2 Å². The van der Waals surface area contributed by atoms with Crippen LogP contribution < -0.4 is 5.32 Å². The van der Waals surface area contributed by atoms with E-state index in [4.69, 9.17) is 11.6 Å². The second-order valence-electron chi connectivity index (χ2n) is 4.51. The number of halogens is 2. The van der Waals surface area contributed by atoms with E-state index in [1.54, 1.807) is 11.3 Å². The van der Waals surface area contributed by atoms with Crippen molar-refractivity contribution < 1.29 is 0 Å². The van der Waals surface area contributed by atoms with Gasteiger partial charge in [-0.15, -0.1) is 11.3 Å². The molecule has 1 atom stereocenters. The minimum Gasteiger partial charge on any atom is -0.376 e. The maximum atomic E-state index is 6.23. The first-order valence-electron chi connectivity index (χ1n) is 5.83. The molecular weight excluding hydrogens is 330 g/mol. The zero-order valence-electron chi connectivity index (χ0n) is 10.3. The Balaban J connectivity index is 2.27. The molecule has 0 spiro atoms. The van der Waals surface area contributed by atoms with Crippen LogP contribution in [0.2, 0.25) is 5.02 Å². The van der Waals surface area contributed by atoms with Gasteiger partial charge in [0.25, 0.3) is 0 Å². The van der Waals surface area contributed by atoms with E-state index in [2.05, 4.69) is 52.6 Å². The smallest absolute Gasteiger partial charge is 0.0638 e. The first-order valence-corrected chi connectivity index (χ1v) is 7.88. The third-order valence-electron chi connectivity index (χ3n) is 2.76. The van der Waals surface area contributed by atoms with Gasteiger partial charge in [0.1, 0.15) is 0 Å². The molecule has 2 rings (SSSR count). The topological polar surface area (TPSA) is 12.0 Å². The molecule has 0 fully saturated rings. The van der Waals surface area contributed by atoms with Crippen LogP contribution in [0.3, 0.4) is 0 Å². The molecule has 96 valence electrons. The molecule has 0 aliphatic heterocycles. The highest BCUT2D eigenvalue weighted by atomic mass is 79.9. The van der Waals surface area contributed by atoms with Gasteiger partial charge in [0.05, 0.1) is 16.8 Å². The lowest BCUT2D eigenvalue weighted by Crippen LogP contribution is -2.15. The summed E-state index contributed by atoms with van der Waals surface area (Å²) in [6, 6.07) is 10.4. The summed E-state index contributed by atoms with van der Waals surface area (Å²) in [6.45, 7) is 4.42. The third-order valence-corrected chi connectivity index (χ3v) is 4.53. The molecule has 2 aromatic rings. The van der Waals surface area contributed by atoms with Crippen LogP contribution in [0.1, 0.15) is 24.8 Å². The van der Waals surface area contributed by atoms with Crippen molar-refractivity contribution in [1.29, 1.82) is 0 Å². The van der Waals surface area contributed by atoms with Gasteiger partial charge in [-0.2, -0.15) is 0 Å². The zero-order chi connectivity index (χ0) is 13.1. The first-order chi connectivity index (χ1) is 8.58. The largest absolute Gasteiger partial charge is 0.376 e. The molecule has 1 heterocycles.